The van der Waals surface area contributed by atoms with Crippen molar-refractivity contribution in [3.63, 3.8) is 0 Å². The summed E-state index contributed by atoms with van der Waals surface area (Å²) in [6.07, 6.45) is 4.29. The largest absolute Gasteiger partial charge is 0.352 e. The molecule has 0 radical (unpaired) electrons. The average Bonchev–Trinajstić information content (AvgIpc) is 2.32. The van der Waals surface area contributed by atoms with Crippen LogP contribution in [0.3, 0.4) is 0 Å². The van der Waals surface area contributed by atoms with E-state index in [1.54, 1.807) is 0 Å². The van der Waals surface area contributed by atoms with E-state index in [9.17, 15) is 0 Å². The fraction of sp³-hybridized carbons (Fsp3) is 0.615. The Kier molecular flexibility index (Phi) is 4.05. The number of halogens is 1. The normalized spacial score (nSPS) is 25.1. The van der Waals surface area contributed by atoms with Crippen LogP contribution in [0.2, 0.25) is 0 Å². The molecule has 2 heterocycles. The van der Waals surface area contributed by atoms with Gasteiger partial charge in [-0.05, 0) is 53.2 Å². The molecule has 94 valence electrons. The van der Waals surface area contributed by atoms with Crippen LogP contribution in [-0.2, 0) is 0 Å². The van der Waals surface area contributed by atoms with Gasteiger partial charge in [0, 0.05) is 29.8 Å². The molecule has 2 atom stereocenters. The Bertz CT molecular complexity index is 394. The highest BCUT2D eigenvalue weighted by molar-refractivity contribution is 9.10. The molecule has 0 aromatic carbocycles. The van der Waals surface area contributed by atoms with Gasteiger partial charge in [0.2, 0.25) is 0 Å². The monoisotopic (exact) mass is 297 g/mol. The van der Waals surface area contributed by atoms with Gasteiger partial charge < -0.3 is 10.6 Å². The fourth-order valence-corrected chi connectivity index (χ4v) is 2.68. The summed E-state index contributed by atoms with van der Waals surface area (Å²) in [4.78, 5) is 6.87. The lowest BCUT2D eigenvalue weighted by Crippen LogP contribution is -2.46. The first-order valence-electron chi connectivity index (χ1n) is 6.20. The molecule has 4 heteroatoms. The molecule has 1 saturated heterocycles. The molecule has 1 aliphatic heterocycles. The number of aryl methyl sites for hydroxylation is 1. The molecule has 1 aliphatic rings. The SMILES string of the molecule is Cc1cc(N2CCC(C)CC2CN)ncc1Br. The lowest BCUT2D eigenvalue weighted by molar-refractivity contribution is 0.365. The van der Waals surface area contributed by atoms with Gasteiger partial charge in [0.1, 0.15) is 5.82 Å². The minimum Gasteiger partial charge on any atom is -0.352 e. The van der Waals surface area contributed by atoms with Gasteiger partial charge in [0.15, 0.2) is 0 Å². The number of nitrogens with two attached hydrogens (primary N) is 1. The van der Waals surface area contributed by atoms with Crippen molar-refractivity contribution in [2.45, 2.75) is 32.7 Å². The first-order valence-corrected chi connectivity index (χ1v) is 7.00. The lowest BCUT2D eigenvalue weighted by atomic mass is 9.92. The third-order valence-electron chi connectivity index (χ3n) is 3.58. The summed E-state index contributed by atoms with van der Waals surface area (Å²) in [5.74, 6) is 1.84. The summed E-state index contributed by atoms with van der Waals surface area (Å²) in [6.45, 7) is 6.18. The van der Waals surface area contributed by atoms with E-state index in [0.717, 1.165) is 22.8 Å². The summed E-state index contributed by atoms with van der Waals surface area (Å²) < 4.78 is 1.07. The van der Waals surface area contributed by atoms with Crippen molar-refractivity contribution in [3.05, 3.63) is 22.3 Å². The molecule has 2 N–H and O–H groups in total. The van der Waals surface area contributed by atoms with Gasteiger partial charge in [0.05, 0.1) is 0 Å². The van der Waals surface area contributed by atoms with Crippen LogP contribution in [0.1, 0.15) is 25.3 Å². The van der Waals surface area contributed by atoms with Gasteiger partial charge in [0.25, 0.3) is 0 Å². The second-order valence-electron chi connectivity index (χ2n) is 5.00. The van der Waals surface area contributed by atoms with Crippen molar-refractivity contribution in [2.75, 3.05) is 18.0 Å². The van der Waals surface area contributed by atoms with E-state index in [4.69, 9.17) is 5.73 Å². The van der Waals surface area contributed by atoms with Crippen LogP contribution < -0.4 is 10.6 Å². The molecular formula is C13H20BrN3. The minimum absolute atomic E-state index is 0.437. The maximum absolute atomic E-state index is 5.88. The zero-order chi connectivity index (χ0) is 12.4. The number of hydrogen-bond donors (Lipinski definition) is 1. The molecule has 0 saturated carbocycles. The van der Waals surface area contributed by atoms with Gasteiger partial charge in [-0.15, -0.1) is 0 Å². The average molecular weight is 298 g/mol. The second-order valence-corrected chi connectivity index (χ2v) is 5.86. The number of aromatic nitrogens is 1. The topological polar surface area (TPSA) is 42.1 Å². The molecule has 3 nitrogen and oxygen atoms in total. The van der Waals surface area contributed by atoms with Crippen molar-refractivity contribution >= 4 is 21.7 Å². The van der Waals surface area contributed by atoms with E-state index >= 15 is 0 Å². The van der Waals surface area contributed by atoms with Gasteiger partial charge in [-0.3, -0.25) is 0 Å². The Morgan fingerprint density at radius 2 is 2.35 bits per heavy atom. The molecule has 0 aliphatic carbocycles. The number of nitrogens with zero attached hydrogens (tertiary/aromatic N) is 2. The van der Waals surface area contributed by atoms with Crippen LogP contribution in [0, 0.1) is 12.8 Å². The highest BCUT2D eigenvalue weighted by Gasteiger charge is 2.26. The maximum Gasteiger partial charge on any atom is 0.129 e. The third kappa shape index (κ3) is 2.80. The summed E-state index contributed by atoms with van der Waals surface area (Å²) in [7, 11) is 0. The number of rotatable bonds is 2. The predicted octanol–water partition coefficient (Wildman–Crippen LogP) is 2.72. The summed E-state index contributed by atoms with van der Waals surface area (Å²) in [6, 6.07) is 2.58. The van der Waals surface area contributed by atoms with E-state index in [1.165, 1.54) is 18.4 Å². The highest BCUT2D eigenvalue weighted by Crippen LogP contribution is 2.28. The van der Waals surface area contributed by atoms with Crippen LogP contribution in [-0.4, -0.2) is 24.1 Å². The van der Waals surface area contributed by atoms with Crippen molar-refractivity contribution in [2.24, 2.45) is 11.7 Å². The Morgan fingerprint density at radius 3 is 3.00 bits per heavy atom. The summed E-state index contributed by atoms with van der Waals surface area (Å²) in [5, 5.41) is 0. The zero-order valence-electron chi connectivity index (χ0n) is 10.5. The molecule has 0 amide bonds. The number of pyridine rings is 1. The molecule has 0 spiro atoms. The molecule has 0 bridgehead atoms. The highest BCUT2D eigenvalue weighted by atomic mass is 79.9. The van der Waals surface area contributed by atoms with Crippen LogP contribution in [0.25, 0.3) is 0 Å². The van der Waals surface area contributed by atoms with E-state index < -0.39 is 0 Å². The fourth-order valence-electron chi connectivity index (χ4n) is 2.46. The molecule has 1 aromatic rings. The number of hydrogen-bond acceptors (Lipinski definition) is 3. The van der Waals surface area contributed by atoms with E-state index in [1.807, 2.05) is 6.20 Å². The summed E-state index contributed by atoms with van der Waals surface area (Å²) >= 11 is 3.49. The Labute approximate surface area is 112 Å². The predicted molar refractivity (Wildman–Crippen MR) is 75.3 cm³/mol. The van der Waals surface area contributed by atoms with Crippen molar-refractivity contribution in [1.82, 2.24) is 4.98 Å². The lowest BCUT2D eigenvalue weighted by Gasteiger charge is -2.39. The molecule has 1 fully saturated rings. The first kappa shape index (κ1) is 12.8. The van der Waals surface area contributed by atoms with Crippen molar-refractivity contribution < 1.29 is 0 Å². The Balaban J connectivity index is 2.22. The minimum atomic E-state index is 0.437. The molecule has 1 aromatic heterocycles. The molecule has 17 heavy (non-hydrogen) atoms. The van der Waals surface area contributed by atoms with Crippen molar-refractivity contribution in [3.8, 4) is 0 Å². The second kappa shape index (κ2) is 5.36. The van der Waals surface area contributed by atoms with Crippen LogP contribution in [0.4, 0.5) is 5.82 Å². The zero-order valence-corrected chi connectivity index (χ0v) is 12.1. The van der Waals surface area contributed by atoms with Crippen LogP contribution in [0.5, 0.6) is 0 Å². The third-order valence-corrected chi connectivity index (χ3v) is 4.41. The first-order chi connectivity index (χ1) is 8.11. The van der Waals surface area contributed by atoms with Gasteiger partial charge in [-0.25, -0.2) is 4.98 Å². The van der Waals surface area contributed by atoms with Crippen LogP contribution >= 0.6 is 15.9 Å². The molecular weight excluding hydrogens is 278 g/mol. The van der Waals surface area contributed by atoms with Gasteiger partial charge >= 0.3 is 0 Å². The Morgan fingerprint density at radius 1 is 1.59 bits per heavy atom. The van der Waals surface area contributed by atoms with E-state index in [2.05, 4.69) is 45.7 Å². The van der Waals surface area contributed by atoms with Gasteiger partial charge in [-0.1, -0.05) is 6.92 Å². The van der Waals surface area contributed by atoms with Crippen LogP contribution in [0.15, 0.2) is 16.7 Å². The van der Waals surface area contributed by atoms with Crippen molar-refractivity contribution in [1.29, 1.82) is 0 Å². The number of anilines is 1. The standard InChI is InChI=1S/C13H20BrN3/c1-9-3-4-17(11(5-9)7-15)13-6-10(2)12(14)8-16-13/h6,8-9,11H,3-5,7,15H2,1-2H3. The summed E-state index contributed by atoms with van der Waals surface area (Å²) in [5.41, 5.74) is 7.11. The van der Waals surface area contributed by atoms with E-state index in [-0.39, 0.29) is 0 Å². The Hall–Kier alpha value is -0.610. The quantitative estimate of drug-likeness (QED) is 0.913. The molecule has 2 unspecified atom stereocenters. The van der Waals surface area contributed by atoms with E-state index in [0.29, 0.717) is 12.6 Å². The smallest absolute Gasteiger partial charge is 0.129 e. The number of piperidine rings is 1. The maximum atomic E-state index is 5.88. The molecule has 2 rings (SSSR count). The van der Waals surface area contributed by atoms with Gasteiger partial charge in [-0.2, -0.15) is 0 Å².